The first-order valence-electron chi connectivity index (χ1n) is 5.82. The molecule has 15 heavy (non-hydrogen) atoms. The van der Waals surface area contributed by atoms with Crippen molar-refractivity contribution in [2.75, 3.05) is 19.6 Å². The summed E-state index contributed by atoms with van der Waals surface area (Å²) < 4.78 is 0. The maximum atomic E-state index is 10.8. The van der Waals surface area contributed by atoms with Crippen molar-refractivity contribution >= 4 is 5.97 Å². The van der Waals surface area contributed by atoms with Crippen molar-refractivity contribution in [1.82, 2.24) is 4.90 Å². The summed E-state index contributed by atoms with van der Waals surface area (Å²) in [5, 5.41) is 8.87. The van der Waals surface area contributed by atoms with Crippen LogP contribution in [-0.2, 0) is 4.79 Å². The zero-order chi connectivity index (χ0) is 11.3. The summed E-state index contributed by atoms with van der Waals surface area (Å²) in [6, 6.07) is 0. The van der Waals surface area contributed by atoms with Crippen LogP contribution in [0.5, 0.6) is 0 Å². The van der Waals surface area contributed by atoms with Gasteiger partial charge in [-0.15, -0.1) is 0 Å². The molecule has 0 spiro atoms. The lowest BCUT2D eigenvalue weighted by Gasteiger charge is -2.18. The van der Waals surface area contributed by atoms with Crippen molar-refractivity contribution in [2.24, 2.45) is 5.92 Å². The van der Waals surface area contributed by atoms with Crippen LogP contribution in [0.2, 0.25) is 0 Å². The summed E-state index contributed by atoms with van der Waals surface area (Å²) in [5.74, 6) is 0.0910. The van der Waals surface area contributed by atoms with Crippen LogP contribution in [0.25, 0.3) is 0 Å². The number of hydrogen-bond acceptors (Lipinski definition) is 2. The molecule has 1 N–H and O–H groups in total. The highest BCUT2D eigenvalue weighted by atomic mass is 16.4. The van der Waals surface area contributed by atoms with Gasteiger partial charge < -0.3 is 5.11 Å². The Balaban J connectivity index is 2.38. The summed E-state index contributed by atoms with van der Waals surface area (Å²) in [6.07, 6.45) is 5.16. The predicted molar refractivity (Wildman–Crippen MR) is 60.8 cm³/mol. The highest BCUT2D eigenvalue weighted by Gasteiger charge is 2.23. The first-order valence-corrected chi connectivity index (χ1v) is 5.82. The summed E-state index contributed by atoms with van der Waals surface area (Å²) in [5.41, 5.74) is 0.532. The van der Waals surface area contributed by atoms with Gasteiger partial charge in [0.25, 0.3) is 0 Å². The zero-order valence-corrected chi connectivity index (χ0v) is 9.70. The van der Waals surface area contributed by atoms with E-state index in [0.717, 1.165) is 25.6 Å². The van der Waals surface area contributed by atoms with Crippen LogP contribution in [0.3, 0.4) is 0 Å². The second kappa shape index (κ2) is 5.91. The van der Waals surface area contributed by atoms with Gasteiger partial charge in [-0.05, 0) is 31.7 Å². The van der Waals surface area contributed by atoms with Crippen LogP contribution in [-0.4, -0.2) is 35.6 Å². The van der Waals surface area contributed by atoms with E-state index in [1.165, 1.54) is 12.8 Å². The third-order valence-corrected chi connectivity index (χ3v) is 2.91. The highest BCUT2D eigenvalue weighted by Crippen LogP contribution is 2.29. The van der Waals surface area contributed by atoms with Gasteiger partial charge in [-0.25, -0.2) is 4.79 Å². The van der Waals surface area contributed by atoms with E-state index < -0.39 is 5.97 Å². The molecule has 0 atom stereocenters. The zero-order valence-electron chi connectivity index (χ0n) is 9.70. The van der Waals surface area contributed by atoms with Gasteiger partial charge in [0.2, 0.25) is 0 Å². The number of rotatable bonds is 7. The molecule has 1 fully saturated rings. The normalized spacial score (nSPS) is 17.1. The Bertz CT molecular complexity index is 244. The van der Waals surface area contributed by atoms with Crippen molar-refractivity contribution in [3.8, 4) is 0 Å². The number of carboxylic acids is 1. The van der Waals surface area contributed by atoms with Gasteiger partial charge in [0, 0.05) is 18.7 Å². The first kappa shape index (κ1) is 12.2. The largest absolute Gasteiger partial charge is 0.478 e. The average molecular weight is 211 g/mol. The molecule has 1 rings (SSSR count). The monoisotopic (exact) mass is 211 g/mol. The maximum Gasteiger partial charge on any atom is 0.331 e. The minimum absolute atomic E-state index is 0.532. The smallest absolute Gasteiger partial charge is 0.331 e. The Hall–Kier alpha value is -0.830. The lowest BCUT2D eigenvalue weighted by molar-refractivity contribution is -0.132. The first-order chi connectivity index (χ1) is 7.17. The molecule has 1 saturated carbocycles. The van der Waals surface area contributed by atoms with Crippen molar-refractivity contribution in [3.05, 3.63) is 11.6 Å². The van der Waals surface area contributed by atoms with Crippen molar-refractivity contribution in [3.63, 3.8) is 0 Å². The fourth-order valence-corrected chi connectivity index (χ4v) is 1.62. The lowest BCUT2D eigenvalue weighted by Crippen LogP contribution is -2.26. The van der Waals surface area contributed by atoms with Crippen LogP contribution in [0.15, 0.2) is 11.6 Å². The number of carbonyl (C=O) groups is 1. The molecule has 0 saturated heterocycles. The molecule has 1 aliphatic rings. The van der Waals surface area contributed by atoms with Crippen LogP contribution < -0.4 is 0 Å². The Morgan fingerprint density at radius 2 is 2.13 bits per heavy atom. The Kier molecular flexibility index (Phi) is 4.82. The van der Waals surface area contributed by atoms with Crippen LogP contribution in [0.4, 0.5) is 0 Å². The van der Waals surface area contributed by atoms with Crippen molar-refractivity contribution < 1.29 is 9.90 Å². The molecular weight excluding hydrogens is 190 g/mol. The van der Waals surface area contributed by atoms with Gasteiger partial charge in [0.15, 0.2) is 0 Å². The summed E-state index contributed by atoms with van der Waals surface area (Å²) in [4.78, 5) is 13.1. The number of likely N-dealkylation sites (N-methyl/N-ethyl adjacent to an activating group) is 1. The van der Waals surface area contributed by atoms with E-state index >= 15 is 0 Å². The molecule has 0 amide bonds. The molecule has 0 bridgehead atoms. The fourth-order valence-electron chi connectivity index (χ4n) is 1.62. The van der Waals surface area contributed by atoms with Gasteiger partial charge in [-0.2, -0.15) is 0 Å². The van der Waals surface area contributed by atoms with Crippen LogP contribution in [0.1, 0.15) is 33.1 Å². The van der Waals surface area contributed by atoms with Gasteiger partial charge in [-0.1, -0.05) is 19.9 Å². The van der Waals surface area contributed by atoms with Crippen molar-refractivity contribution in [1.29, 1.82) is 0 Å². The minimum Gasteiger partial charge on any atom is -0.478 e. The summed E-state index contributed by atoms with van der Waals surface area (Å²) >= 11 is 0. The topological polar surface area (TPSA) is 40.5 Å². The predicted octanol–water partition coefficient (Wildman–Crippen LogP) is 2.14. The Morgan fingerprint density at radius 1 is 1.47 bits per heavy atom. The average Bonchev–Trinajstić information content (AvgIpc) is 3.00. The second-order valence-electron chi connectivity index (χ2n) is 4.18. The third kappa shape index (κ3) is 4.47. The molecule has 3 heteroatoms. The van der Waals surface area contributed by atoms with Crippen LogP contribution >= 0.6 is 0 Å². The van der Waals surface area contributed by atoms with Crippen LogP contribution in [0, 0.1) is 5.92 Å². The number of carboxylic acid groups (broad SMARTS) is 1. The van der Waals surface area contributed by atoms with E-state index in [0.29, 0.717) is 12.0 Å². The van der Waals surface area contributed by atoms with E-state index in [-0.39, 0.29) is 0 Å². The molecule has 0 radical (unpaired) electrons. The molecule has 3 nitrogen and oxygen atoms in total. The van der Waals surface area contributed by atoms with E-state index in [1.807, 2.05) is 13.0 Å². The molecular formula is C12H21NO2. The SMILES string of the molecule is CCC(=CCN(CC)CC1CC1)C(=O)O. The Labute approximate surface area is 91.8 Å². The van der Waals surface area contributed by atoms with E-state index in [4.69, 9.17) is 5.11 Å². The maximum absolute atomic E-state index is 10.8. The number of nitrogens with zero attached hydrogens (tertiary/aromatic N) is 1. The minimum atomic E-state index is -0.778. The standard InChI is InChI=1S/C12H21NO2/c1-3-11(12(14)15)7-8-13(4-2)9-10-5-6-10/h7,10H,3-6,8-9H2,1-2H3,(H,14,15). The van der Waals surface area contributed by atoms with Gasteiger partial charge in [0.05, 0.1) is 0 Å². The highest BCUT2D eigenvalue weighted by molar-refractivity contribution is 5.86. The molecule has 0 aromatic carbocycles. The second-order valence-corrected chi connectivity index (χ2v) is 4.18. The van der Waals surface area contributed by atoms with E-state index in [1.54, 1.807) is 0 Å². The summed E-state index contributed by atoms with van der Waals surface area (Å²) in [6.45, 7) is 6.93. The molecule has 86 valence electrons. The fraction of sp³-hybridized carbons (Fsp3) is 0.750. The quantitative estimate of drug-likeness (QED) is 0.656. The van der Waals surface area contributed by atoms with Crippen molar-refractivity contribution in [2.45, 2.75) is 33.1 Å². The summed E-state index contributed by atoms with van der Waals surface area (Å²) in [7, 11) is 0. The van der Waals surface area contributed by atoms with E-state index in [2.05, 4.69) is 11.8 Å². The van der Waals surface area contributed by atoms with Gasteiger partial charge in [0.1, 0.15) is 0 Å². The molecule has 0 aromatic rings. The molecule has 0 unspecified atom stereocenters. The molecule has 0 aromatic heterocycles. The Morgan fingerprint density at radius 3 is 2.53 bits per heavy atom. The third-order valence-electron chi connectivity index (χ3n) is 2.91. The molecule has 0 heterocycles. The lowest BCUT2D eigenvalue weighted by atomic mass is 10.2. The molecule has 1 aliphatic carbocycles. The molecule has 0 aliphatic heterocycles. The van der Waals surface area contributed by atoms with Gasteiger partial charge >= 0.3 is 5.97 Å². The number of aliphatic carboxylic acids is 1. The van der Waals surface area contributed by atoms with Gasteiger partial charge in [-0.3, -0.25) is 4.90 Å². The number of hydrogen-bond donors (Lipinski definition) is 1. The van der Waals surface area contributed by atoms with E-state index in [9.17, 15) is 4.79 Å².